The van der Waals surface area contributed by atoms with Gasteiger partial charge in [0, 0.05) is 19.0 Å². The molecule has 2 aliphatic rings. The van der Waals surface area contributed by atoms with Crippen molar-refractivity contribution in [2.24, 2.45) is 5.92 Å². The van der Waals surface area contributed by atoms with Gasteiger partial charge in [0.1, 0.15) is 0 Å². The zero-order valence-electron chi connectivity index (χ0n) is 13.1. The first kappa shape index (κ1) is 15.1. The summed E-state index contributed by atoms with van der Waals surface area (Å²) in [6.45, 7) is 2.57. The molecule has 2 amide bonds. The van der Waals surface area contributed by atoms with Crippen LogP contribution in [0, 0.1) is 5.92 Å². The molecule has 1 N–H and O–H groups in total. The summed E-state index contributed by atoms with van der Waals surface area (Å²) < 4.78 is 0. The molecule has 1 aliphatic carbocycles. The first-order valence-electron chi connectivity index (χ1n) is 8.30. The summed E-state index contributed by atoms with van der Waals surface area (Å²) in [5.74, 6) is -0.0507. The second-order valence-corrected chi connectivity index (χ2v) is 6.52. The Morgan fingerprint density at radius 2 is 1.91 bits per heavy atom. The molecule has 0 spiro atoms. The molecule has 1 aliphatic heterocycles. The number of hydrogen-bond acceptors (Lipinski definition) is 2. The van der Waals surface area contributed by atoms with Gasteiger partial charge in [0.15, 0.2) is 0 Å². The van der Waals surface area contributed by atoms with E-state index in [0.29, 0.717) is 19.0 Å². The molecule has 118 valence electrons. The van der Waals surface area contributed by atoms with Gasteiger partial charge in [-0.15, -0.1) is 0 Å². The van der Waals surface area contributed by atoms with Crippen LogP contribution in [0.3, 0.4) is 0 Å². The topological polar surface area (TPSA) is 49.4 Å². The van der Waals surface area contributed by atoms with Gasteiger partial charge in [-0.05, 0) is 25.3 Å². The van der Waals surface area contributed by atoms with Gasteiger partial charge in [-0.2, -0.15) is 0 Å². The minimum absolute atomic E-state index is 0.0259. The number of nitrogens with one attached hydrogen (secondary N) is 1. The number of rotatable bonds is 4. The Bertz CT molecular complexity index is 537. The Kier molecular flexibility index (Phi) is 4.46. The molecule has 1 aromatic rings. The van der Waals surface area contributed by atoms with E-state index in [1.165, 1.54) is 12.8 Å². The van der Waals surface area contributed by atoms with E-state index >= 15 is 0 Å². The maximum absolute atomic E-state index is 12.4. The van der Waals surface area contributed by atoms with E-state index in [1.54, 1.807) is 0 Å². The van der Waals surface area contributed by atoms with E-state index in [9.17, 15) is 9.59 Å². The van der Waals surface area contributed by atoms with Gasteiger partial charge in [0.05, 0.1) is 12.0 Å². The average molecular weight is 300 g/mol. The highest BCUT2D eigenvalue weighted by Gasteiger charge is 2.37. The quantitative estimate of drug-likeness (QED) is 0.929. The molecule has 1 heterocycles. The first-order chi connectivity index (χ1) is 10.6. The molecule has 0 unspecified atom stereocenters. The van der Waals surface area contributed by atoms with Crippen LogP contribution in [0.4, 0.5) is 0 Å². The lowest BCUT2D eigenvalue weighted by molar-refractivity contribution is -0.130. The third kappa shape index (κ3) is 3.16. The van der Waals surface area contributed by atoms with Crippen LogP contribution in [0.15, 0.2) is 30.3 Å². The first-order valence-corrected chi connectivity index (χ1v) is 8.30. The van der Waals surface area contributed by atoms with Gasteiger partial charge in [-0.1, -0.05) is 43.2 Å². The molecule has 3 rings (SSSR count). The Hall–Kier alpha value is -1.84. The Morgan fingerprint density at radius 3 is 2.59 bits per heavy atom. The fourth-order valence-corrected chi connectivity index (χ4v) is 3.58. The fourth-order valence-electron chi connectivity index (χ4n) is 3.58. The van der Waals surface area contributed by atoms with Crippen LogP contribution in [-0.4, -0.2) is 29.3 Å². The van der Waals surface area contributed by atoms with E-state index in [1.807, 2.05) is 42.2 Å². The van der Waals surface area contributed by atoms with Crippen molar-refractivity contribution in [1.82, 2.24) is 10.2 Å². The largest absolute Gasteiger partial charge is 0.353 e. The van der Waals surface area contributed by atoms with Crippen molar-refractivity contribution in [2.75, 3.05) is 6.54 Å². The summed E-state index contributed by atoms with van der Waals surface area (Å²) in [5.41, 5.74) is 1.12. The predicted molar refractivity (Wildman–Crippen MR) is 85.1 cm³/mol. The second-order valence-electron chi connectivity index (χ2n) is 6.52. The summed E-state index contributed by atoms with van der Waals surface area (Å²) in [4.78, 5) is 26.5. The average Bonchev–Trinajstić information content (AvgIpc) is 3.17. The van der Waals surface area contributed by atoms with Crippen LogP contribution >= 0.6 is 0 Å². The predicted octanol–water partition coefficient (Wildman–Crippen LogP) is 2.65. The lowest BCUT2D eigenvalue weighted by Crippen LogP contribution is -2.38. The van der Waals surface area contributed by atoms with Crippen molar-refractivity contribution in [3.63, 3.8) is 0 Å². The smallest absolute Gasteiger partial charge is 0.225 e. The van der Waals surface area contributed by atoms with E-state index in [0.717, 1.165) is 18.4 Å². The number of likely N-dealkylation sites (tertiary alicyclic amines) is 1. The molecule has 2 fully saturated rings. The van der Waals surface area contributed by atoms with E-state index in [-0.39, 0.29) is 23.8 Å². The van der Waals surface area contributed by atoms with Crippen LogP contribution in [-0.2, 0) is 9.59 Å². The van der Waals surface area contributed by atoms with E-state index in [4.69, 9.17) is 0 Å². The van der Waals surface area contributed by atoms with Crippen LogP contribution in [0.5, 0.6) is 0 Å². The molecule has 1 saturated carbocycles. The summed E-state index contributed by atoms with van der Waals surface area (Å²) >= 11 is 0. The van der Waals surface area contributed by atoms with Gasteiger partial charge in [-0.3, -0.25) is 9.59 Å². The van der Waals surface area contributed by atoms with Gasteiger partial charge >= 0.3 is 0 Å². The van der Waals surface area contributed by atoms with Crippen molar-refractivity contribution in [3.05, 3.63) is 35.9 Å². The van der Waals surface area contributed by atoms with Crippen LogP contribution < -0.4 is 5.32 Å². The SMILES string of the molecule is C[C@H](c1ccccc1)N1C[C@H](C(=O)NC2CCCC2)CC1=O. The van der Waals surface area contributed by atoms with Gasteiger partial charge in [0.2, 0.25) is 11.8 Å². The summed E-state index contributed by atoms with van der Waals surface area (Å²) in [6.07, 6.45) is 4.90. The minimum atomic E-state index is -0.195. The van der Waals surface area contributed by atoms with Gasteiger partial charge < -0.3 is 10.2 Å². The molecule has 1 saturated heterocycles. The molecule has 4 nitrogen and oxygen atoms in total. The number of carbonyl (C=O) groups is 2. The van der Waals surface area contributed by atoms with E-state index in [2.05, 4.69) is 5.32 Å². The number of benzene rings is 1. The molecular weight excluding hydrogens is 276 g/mol. The van der Waals surface area contributed by atoms with Crippen LogP contribution in [0.1, 0.15) is 50.6 Å². The molecule has 0 aromatic heterocycles. The number of amides is 2. The zero-order chi connectivity index (χ0) is 15.5. The molecule has 4 heteroatoms. The summed E-state index contributed by atoms with van der Waals surface area (Å²) in [7, 11) is 0. The molecule has 2 atom stereocenters. The summed E-state index contributed by atoms with van der Waals surface area (Å²) in [6, 6.07) is 10.3. The molecule has 0 bridgehead atoms. The molecular formula is C18H24N2O2. The monoisotopic (exact) mass is 300 g/mol. The molecule has 0 radical (unpaired) electrons. The highest BCUT2D eigenvalue weighted by molar-refractivity contribution is 5.89. The van der Waals surface area contributed by atoms with Crippen molar-refractivity contribution in [1.29, 1.82) is 0 Å². The van der Waals surface area contributed by atoms with Crippen molar-refractivity contribution < 1.29 is 9.59 Å². The molecule has 1 aromatic carbocycles. The lowest BCUT2D eigenvalue weighted by atomic mass is 10.1. The minimum Gasteiger partial charge on any atom is -0.353 e. The van der Waals surface area contributed by atoms with Gasteiger partial charge in [-0.25, -0.2) is 0 Å². The van der Waals surface area contributed by atoms with Crippen molar-refractivity contribution in [3.8, 4) is 0 Å². The molecule has 22 heavy (non-hydrogen) atoms. The van der Waals surface area contributed by atoms with Crippen LogP contribution in [0.25, 0.3) is 0 Å². The maximum Gasteiger partial charge on any atom is 0.225 e. The Balaban J connectivity index is 1.61. The third-order valence-electron chi connectivity index (χ3n) is 4.98. The number of nitrogens with zero attached hydrogens (tertiary/aromatic N) is 1. The maximum atomic E-state index is 12.4. The summed E-state index contributed by atoms with van der Waals surface area (Å²) in [5, 5.41) is 3.12. The second kappa shape index (κ2) is 6.51. The normalized spacial score (nSPS) is 23.8. The lowest BCUT2D eigenvalue weighted by Gasteiger charge is -2.25. The van der Waals surface area contributed by atoms with Gasteiger partial charge in [0.25, 0.3) is 0 Å². The number of carbonyl (C=O) groups excluding carboxylic acids is 2. The number of hydrogen-bond donors (Lipinski definition) is 1. The zero-order valence-corrected chi connectivity index (χ0v) is 13.1. The van der Waals surface area contributed by atoms with E-state index < -0.39 is 0 Å². The van der Waals surface area contributed by atoms with Crippen LogP contribution in [0.2, 0.25) is 0 Å². The highest BCUT2D eigenvalue weighted by Crippen LogP contribution is 2.29. The van der Waals surface area contributed by atoms with Crippen molar-refractivity contribution >= 4 is 11.8 Å². The third-order valence-corrected chi connectivity index (χ3v) is 4.98. The highest BCUT2D eigenvalue weighted by atomic mass is 16.2. The Labute approximate surface area is 131 Å². The standard InChI is InChI=1S/C18H24N2O2/c1-13(14-7-3-2-4-8-14)20-12-15(11-17(20)21)18(22)19-16-9-5-6-10-16/h2-4,7-8,13,15-16H,5-6,9-12H2,1H3,(H,19,22)/t13-,15-/m1/s1. The Morgan fingerprint density at radius 1 is 1.23 bits per heavy atom. The fraction of sp³-hybridized carbons (Fsp3) is 0.556. The van der Waals surface area contributed by atoms with Crippen molar-refractivity contribution in [2.45, 2.75) is 51.1 Å².